The molecule has 0 radical (unpaired) electrons. The highest BCUT2D eigenvalue weighted by Crippen LogP contribution is 2.26. The number of halogens is 1. The number of anilines is 1. The molecule has 1 heterocycles. The Morgan fingerprint density at radius 1 is 1.13 bits per heavy atom. The fourth-order valence-electron chi connectivity index (χ4n) is 1.88. The Hall–Kier alpha value is -2.67. The summed E-state index contributed by atoms with van der Waals surface area (Å²) >= 11 is 1.48. The van der Waals surface area contributed by atoms with Crippen molar-refractivity contribution in [2.75, 3.05) is 5.32 Å². The summed E-state index contributed by atoms with van der Waals surface area (Å²) in [5, 5.41) is 11.4. The fourth-order valence-corrected chi connectivity index (χ4v) is 2.64. The summed E-state index contributed by atoms with van der Waals surface area (Å²) < 4.78 is 14.7. The van der Waals surface area contributed by atoms with Gasteiger partial charge in [-0.1, -0.05) is 0 Å². The molecule has 116 valence electrons. The van der Waals surface area contributed by atoms with E-state index in [0.29, 0.717) is 11.3 Å². The van der Waals surface area contributed by atoms with Gasteiger partial charge in [0.15, 0.2) is 5.16 Å². The Morgan fingerprint density at radius 2 is 1.83 bits per heavy atom. The Labute approximate surface area is 136 Å². The zero-order valence-electron chi connectivity index (χ0n) is 12.2. The largest absolute Gasteiger partial charge is 0.322 e. The Balaban J connectivity index is 1.66. The standard InChI is InChI=1S/C16H13FN4OS/c1-21-10-18-20-16(21)23-14-8-6-13(7-9-14)19-15(22)11-2-4-12(17)5-3-11/h2-10H,1H3,(H,19,22). The van der Waals surface area contributed by atoms with Crippen LogP contribution in [0.3, 0.4) is 0 Å². The maximum Gasteiger partial charge on any atom is 0.255 e. The van der Waals surface area contributed by atoms with E-state index in [4.69, 9.17) is 0 Å². The summed E-state index contributed by atoms with van der Waals surface area (Å²) in [7, 11) is 1.87. The predicted molar refractivity (Wildman–Crippen MR) is 85.9 cm³/mol. The zero-order chi connectivity index (χ0) is 16.2. The highest BCUT2D eigenvalue weighted by molar-refractivity contribution is 7.99. The number of nitrogens with zero attached hydrogens (tertiary/aromatic N) is 3. The normalized spacial score (nSPS) is 10.5. The molecule has 2 aromatic carbocycles. The van der Waals surface area contributed by atoms with E-state index < -0.39 is 0 Å². The van der Waals surface area contributed by atoms with Crippen LogP contribution in [0.5, 0.6) is 0 Å². The first-order valence-electron chi connectivity index (χ1n) is 6.80. The van der Waals surface area contributed by atoms with Gasteiger partial charge in [-0.3, -0.25) is 4.79 Å². The summed E-state index contributed by atoms with van der Waals surface area (Å²) in [6, 6.07) is 12.8. The van der Waals surface area contributed by atoms with Crippen LogP contribution < -0.4 is 5.32 Å². The van der Waals surface area contributed by atoms with Crippen LogP contribution in [0.15, 0.2) is 64.9 Å². The Bertz CT molecular complexity index is 815. The molecule has 0 atom stereocenters. The Morgan fingerprint density at radius 3 is 2.43 bits per heavy atom. The summed E-state index contributed by atoms with van der Waals surface area (Å²) in [6.45, 7) is 0. The smallest absolute Gasteiger partial charge is 0.255 e. The van der Waals surface area contributed by atoms with Crippen molar-refractivity contribution in [1.29, 1.82) is 0 Å². The van der Waals surface area contributed by atoms with Gasteiger partial charge >= 0.3 is 0 Å². The molecule has 0 saturated carbocycles. The molecule has 0 unspecified atom stereocenters. The minimum absolute atomic E-state index is 0.279. The number of carbonyl (C=O) groups is 1. The number of carbonyl (C=O) groups excluding carboxylic acids is 1. The van der Waals surface area contributed by atoms with Crippen molar-refractivity contribution in [3.63, 3.8) is 0 Å². The molecule has 3 rings (SSSR count). The molecule has 0 bridgehead atoms. The van der Waals surface area contributed by atoms with Crippen molar-refractivity contribution in [1.82, 2.24) is 14.8 Å². The third kappa shape index (κ3) is 3.75. The lowest BCUT2D eigenvalue weighted by atomic mass is 10.2. The molecule has 0 saturated heterocycles. The average molecular weight is 328 g/mol. The third-order valence-electron chi connectivity index (χ3n) is 3.10. The number of rotatable bonds is 4. The average Bonchev–Trinajstić information content (AvgIpc) is 2.95. The number of aromatic nitrogens is 3. The first-order chi connectivity index (χ1) is 11.1. The quantitative estimate of drug-likeness (QED) is 0.798. The van der Waals surface area contributed by atoms with Crippen LogP contribution in [0.1, 0.15) is 10.4 Å². The Kier molecular flexibility index (Phi) is 4.38. The number of benzene rings is 2. The van der Waals surface area contributed by atoms with Gasteiger partial charge in [0.2, 0.25) is 0 Å². The summed E-state index contributed by atoms with van der Waals surface area (Å²) in [5.74, 6) is -0.648. The highest BCUT2D eigenvalue weighted by Gasteiger charge is 2.07. The molecule has 1 aromatic heterocycles. The lowest BCUT2D eigenvalue weighted by molar-refractivity contribution is 0.102. The van der Waals surface area contributed by atoms with E-state index in [1.165, 1.54) is 36.0 Å². The third-order valence-corrected chi connectivity index (χ3v) is 4.16. The summed E-state index contributed by atoms with van der Waals surface area (Å²) in [5.41, 5.74) is 1.07. The predicted octanol–water partition coefficient (Wildman–Crippen LogP) is 3.36. The first-order valence-corrected chi connectivity index (χ1v) is 7.62. The minimum Gasteiger partial charge on any atom is -0.322 e. The number of amides is 1. The maximum absolute atomic E-state index is 12.9. The van der Waals surface area contributed by atoms with E-state index in [0.717, 1.165) is 10.1 Å². The lowest BCUT2D eigenvalue weighted by Gasteiger charge is -2.06. The van der Waals surface area contributed by atoms with Crippen LogP contribution in [0, 0.1) is 5.82 Å². The van der Waals surface area contributed by atoms with E-state index in [2.05, 4.69) is 15.5 Å². The molecule has 7 heteroatoms. The van der Waals surface area contributed by atoms with Crippen molar-refractivity contribution in [2.45, 2.75) is 10.1 Å². The SMILES string of the molecule is Cn1cnnc1Sc1ccc(NC(=O)c2ccc(F)cc2)cc1. The van der Waals surface area contributed by atoms with Crippen molar-refractivity contribution in [3.05, 3.63) is 66.2 Å². The van der Waals surface area contributed by atoms with Gasteiger partial charge in [0.05, 0.1) is 0 Å². The molecule has 1 N–H and O–H groups in total. The molecular formula is C16H13FN4OS. The number of hydrogen-bond donors (Lipinski definition) is 1. The van der Waals surface area contributed by atoms with Gasteiger partial charge in [0.25, 0.3) is 5.91 Å². The molecule has 0 fully saturated rings. The summed E-state index contributed by atoms with van der Waals surface area (Å²) in [6.07, 6.45) is 1.64. The van der Waals surface area contributed by atoms with Crippen LogP contribution in [0.2, 0.25) is 0 Å². The van der Waals surface area contributed by atoms with Gasteiger partial charge in [-0.15, -0.1) is 10.2 Å². The molecular weight excluding hydrogens is 315 g/mol. The van der Waals surface area contributed by atoms with E-state index >= 15 is 0 Å². The first kappa shape index (κ1) is 15.2. The second kappa shape index (κ2) is 6.62. The second-order valence-corrected chi connectivity index (χ2v) is 5.85. The monoisotopic (exact) mass is 328 g/mol. The van der Waals surface area contributed by atoms with Crippen molar-refractivity contribution >= 4 is 23.4 Å². The molecule has 0 aliphatic heterocycles. The van der Waals surface area contributed by atoms with Crippen LogP contribution in [-0.4, -0.2) is 20.7 Å². The van der Waals surface area contributed by atoms with Gasteiger partial charge in [-0.25, -0.2) is 4.39 Å². The van der Waals surface area contributed by atoms with Crippen LogP contribution in [-0.2, 0) is 7.05 Å². The van der Waals surface area contributed by atoms with Crippen molar-refractivity contribution < 1.29 is 9.18 Å². The topological polar surface area (TPSA) is 59.8 Å². The number of nitrogens with one attached hydrogen (secondary N) is 1. The van der Waals surface area contributed by atoms with Gasteiger partial charge in [0, 0.05) is 23.2 Å². The fraction of sp³-hybridized carbons (Fsp3) is 0.0625. The maximum atomic E-state index is 12.9. The van der Waals surface area contributed by atoms with Crippen molar-refractivity contribution in [2.24, 2.45) is 7.05 Å². The second-order valence-electron chi connectivity index (χ2n) is 4.81. The van der Waals surface area contributed by atoms with Gasteiger partial charge in [-0.2, -0.15) is 0 Å². The molecule has 1 amide bonds. The van der Waals surface area contributed by atoms with E-state index in [-0.39, 0.29) is 11.7 Å². The lowest BCUT2D eigenvalue weighted by Crippen LogP contribution is -2.11. The van der Waals surface area contributed by atoms with Crippen LogP contribution in [0.4, 0.5) is 10.1 Å². The van der Waals surface area contributed by atoms with Gasteiger partial charge in [-0.05, 0) is 60.3 Å². The highest BCUT2D eigenvalue weighted by atomic mass is 32.2. The van der Waals surface area contributed by atoms with Gasteiger partial charge in [0.1, 0.15) is 12.1 Å². The molecule has 0 spiro atoms. The van der Waals surface area contributed by atoms with Gasteiger partial charge < -0.3 is 9.88 Å². The number of hydrogen-bond acceptors (Lipinski definition) is 4. The molecule has 3 aromatic rings. The zero-order valence-corrected chi connectivity index (χ0v) is 13.0. The van der Waals surface area contributed by atoms with E-state index in [9.17, 15) is 9.18 Å². The molecule has 5 nitrogen and oxygen atoms in total. The summed E-state index contributed by atoms with van der Waals surface area (Å²) in [4.78, 5) is 13.0. The molecule has 0 aliphatic carbocycles. The minimum atomic E-state index is -0.369. The number of aryl methyl sites for hydroxylation is 1. The van der Waals surface area contributed by atoms with Crippen molar-refractivity contribution in [3.8, 4) is 0 Å². The van der Waals surface area contributed by atoms with Crippen LogP contribution >= 0.6 is 11.8 Å². The van der Waals surface area contributed by atoms with E-state index in [1.54, 1.807) is 18.5 Å². The molecule has 23 heavy (non-hydrogen) atoms. The molecule has 0 aliphatic rings. The van der Waals surface area contributed by atoms with Crippen LogP contribution in [0.25, 0.3) is 0 Å². The van der Waals surface area contributed by atoms with E-state index in [1.807, 2.05) is 23.7 Å².